The number of aliphatic hydroxyl groups excluding tert-OH is 1. The van der Waals surface area contributed by atoms with Crippen LogP contribution in [0.2, 0.25) is 0 Å². The third-order valence-corrected chi connectivity index (χ3v) is 3.77. The van der Waals surface area contributed by atoms with Gasteiger partial charge in [-0.25, -0.2) is 0 Å². The van der Waals surface area contributed by atoms with Gasteiger partial charge in [0.25, 0.3) is 0 Å². The van der Waals surface area contributed by atoms with Gasteiger partial charge in [0.2, 0.25) is 5.91 Å². The molecule has 3 N–H and O–H groups in total. The first kappa shape index (κ1) is 15.0. The Hall–Kier alpha value is -1.39. The second kappa shape index (κ2) is 7.41. The summed E-state index contributed by atoms with van der Waals surface area (Å²) in [5.41, 5.74) is 0.838. The van der Waals surface area contributed by atoms with Crippen LogP contribution in [0.3, 0.4) is 0 Å². The molecule has 1 aromatic carbocycles. The zero-order valence-corrected chi connectivity index (χ0v) is 12.0. The number of carbonyl (C=O) groups is 1. The summed E-state index contributed by atoms with van der Waals surface area (Å²) in [5, 5.41) is 15.9. The van der Waals surface area contributed by atoms with Gasteiger partial charge in [0.1, 0.15) is 0 Å². The number of anilines is 1. The maximum atomic E-state index is 11.9. The second-order valence-corrected chi connectivity index (χ2v) is 5.69. The van der Waals surface area contributed by atoms with E-state index in [1.807, 2.05) is 37.3 Å². The summed E-state index contributed by atoms with van der Waals surface area (Å²) in [5.74, 6) is 0.0343. The van der Waals surface area contributed by atoms with Crippen molar-refractivity contribution < 1.29 is 9.90 Å². The highest BCUT2D eigenvalue weighted by Gasteiger charge is 2.21. The Labute approximate surface area is 120 Å². The molecule has 1 unspecified atom stereocenters. The maximum absolute atomic E-state index is 11.9. The Kier molecular flexibility index (Phi) is 5.56. The average molecular weight is 276 g/mol. The largest absolute Gasteiger partial charge is 0.393 e. The molecule has 1 aliphatic rings. The van der Waals surface area contributed by atoms with Crippen molar-refractivity contribution in [2.75, 3.05) is 5.32 Å². The zero-order chi connectivity index (χ0) is 14.4. The van der Waals surface area contributed by atoms with Crippen molar-refractivity contribution in [3.63, 3.8) is 0 Å². The quantitative estimate of drug-likeness (QED) is 0.773. The lowest BCUT2D eigenvalue weighted by molar-refractivity contribution is -0.116. The lowest BCUT2D eigenvalue weighted by atomic mass is 9.92. The number of carbonyl (C=O) groups excluding carboxylic acids is 1. The molecule has 1 aliphatic carbocycles. The molecule has 0 radical (unpaired) electrons. The fraction of sp³-hybridized carbons (Fsp3) is 0.562. The number of hydrogen-bond donors (Lipinski definition) is 3. The highest BCUT2D eigenvalue weighted by Crippen LogP contribution is 2.19. The summed E-state index contributed by atoms with van der Waals surface area (Å²) in [6, 6.07) is 10.1. The van der Waals surface area contributed by atoms with Crippen molar-refractivity contribution in [2.45, 2.75) is 57.2 Å². The molecule has 2 rings (SSSR count). The average Bonchev–Trinajstić information content (AvgIpc) is 2.42. The Bertz CT molecular complexity index is 414. The van der Waals surface area contributed by atoms with Crippen LogP contribution < -0.4 is 10.6 Å². The van der Waals surface area contributed by atoms with Gasteiger partial charge >= 0.3 is 0 Å². The number of aliphatic hydroxyl groups is 1. The summed E-state index contributed by atoms with van der Waals surface area (Å²) < 4.78 is 0. The van der Waals surface area contributed by atoms with Crippen LogP contribution in [0.4, 0.5) is 5.69 Å². The van der Waals surface area contributed by atoms with Crippen LogP contribution in [-0.2, 0) is 4.79 Å². The number of benzene rings is 1. The van der Waals surface area contributed by atoms with Crippen LogP contribution in [0.25, 0.3) is 0 Å². The number of rotatable bonds is 5. The lowest BCUT2D eigenvalue weighted by Crippen LogP contribution is -2.41. The number of hydrogen-bond acceptors (Lipinski definition) is 3. The molecule has 0 heterocycles. The standard InChI is InChI=1S/C16H24N2O2/c1-12(17-14-7-9-15(19)10-8-14)11-16(20)18-13-5-3-2-4-6-13/h2-6,12,14-15,17,19H,7-11H2,1H3,(H,18,20). The Morgan fingerprint density at radius 3 is 2.55 bits per heavy atom. The van der Waals surface area contributed by atoms with E-state index in [0.717, 1.165) is 31.4 Å². The van der Waals surface area contributed by atoms with Crippen molar-refractivity contribution in [2.24, 2.45) is 0 Å². The van der Waals surface area contributed by atoms with Crippen LogP contribution in [0.5, 0.6) is 0 Å². The molecule has 1 atom stereocenters. The van der Waals surface area contributed by atoms with Gasteiger partial charge < -0.3 is 15.7 Å². The van der Waals surface area contributed by atoms with E-state index in [2.05, 4.69) is 10.6 Å². The maximum Gasteiger partial charge on any atom is 0.225 e. The van der Waals surface area contributed by atoms with Crippen molar-refractivity contribution in [1.82, 2.24) is 5.32 Å². The number of nitrogens with one attached hydrogen (secondary N) is 2. The zero-order valence-electron chi connectivity index (χ0n) is 12.0. The Morgan fingerprint density at radius 1 is 1.25 bits per heavy atom. The SMILES string of the molecule is CC(CC(=O)Nc1ccccc1)NC1CCC(O)CC1. The first-order chi connectivity index (χ1) is 9.63. The molecule has 0 aromatic heterocycles. The molecule has 1 saturated carbocycles. The highest BCUT2D eigenvalue weighted by molar-refractivity contribution is 5.90. The fourth-order valence-electron chi connectivity index (χ4n) is 2.72. The summed E-state index contributed by atoms with van der Waals surface area (Å²) >= 11 is 0. The van der Waals surface area contributed by atoms with Gasteiger partial charge in [-0.3, -0.25) is 4.79 Å². The smallest absolute Gasteiger partial charge is 0.225 e. The molecule has 1 amide bonds. The molecule has 1 aromatic rings. The molecule has 0 saturated heterocycles. The van der Waals surface area contributed by atoms with Crippen LogP contribution in [-0.4, -0.2) is 29.2 Å². The third-order valence-electron chi connectivity index (χ3n) is 3.77. The normalized spacial score (nSPS) is 24.1. The van der Waals surface area contributed by atoms with Gasteiger partial charge in [0, 0.05) is 24.2 Å². The second-order valence-electron chi connectivity index (χ2n) is 5.69. The van der Waals surface area contributed by atoms with Crippen LogP contribution in [0.1, 0.15) is 39.0 Å². The fourth-order valence-corrected chi connectivity index (χ4v) is 2.72. The first-order valence-corrected chi connectivity index (χ1v) is 7.42. The Morgan fingerprint density at radius 2 is 1.90 bits per heavy atom. The van der Waals surface area contributed by atoms with E-state index in [9.17, 15) is 9.90 Å². The van der Waals surface area contributed by atoms with Crippen molar-refractivity contribution in [3.05, 3.63) is 30.3 Å². The number of para-hydroxylation sites is 1. The molecule has 0 spiro atoms. The summed E-state index contributed by atoms with van der Waals surface area (Å²) in [6.45, 7) is 2.04. The molecular formula is C16H24N2O2. The predicted octanol–water partition coefficient (Wildman–Crippen LogP) is 2.30. The van der Waals surface area contributed by atoms with Crippen molar-refractivity contribution >= 4 is 11.6 Å². The molecule has 4 heteroatoms. The van der Waals surface area contributed by atoms with Gasteiger partial charge in [-0.1, -0.05) is 18.2 Å². The van der Waals surface area contributed by atoms with Gasteiger partial charge in [-0.2, -0.15) is 0 Å². The minimum absolute atomic E-state index is 0.0343. The molecule has 0 aliphatic heterocycles. The predicted molar refractivity (Wildman–Crippen MR) is 80.5 cm³/mol. The van der Waals surface area contributed by atoms with Crippen LogP contribution in [0, 0.1) is 0 Å². The van der Waals surface area contributed by atoms with Gasteiger partial charge in [0.15, 0.2) is 0 Å². The molecule has 20 heavy (non-hydrogen) atoms. The third kappa shape index (κ3) is 4.94. The highest BCUT2D eigenvalue weighted by atomic mass is 16.3. The van der Waals surface area contributed by atoms with Crippen molar-refractivity contribution in [3.8, 4) is 0 Å². The summed E-state index contributed by atoms with van der Waals surface area (Å²) in [7, 11) is 0. The van der Waals surface area contributed by atoms with E-state index in [4.69, 9.17) is 0 Å². The first-order valence-electron chi connectivity index (χ1n) is 7.42. The molecule has 0 bridgehead atoms. The molecular weight excluding hydrogens is 252 g/mol. The monoisotopic (exact) mass is 276 g/mol. The minimum atomic E-state index is -0.135. The van der Waals surface area contributed by atoms with E-state index >= 15 is 0 Å². The van der Waals surface area contributed by atoms with Gasteiger partial charge in [0.05, 0.1) is 6.10 Å². The van der Waals surface area contributed by atoms with E-state index in [-0.39, 0.29) is 18.1 Å². The lowest BCUT2D eigenvalue weighted by Gasteiger charge is -2.28. The van der Waals surface area contributed by atoms with Crippen LogP contribution >= 0.6 is 0 Å². The van der Waals surface area contributed by atoms with E-state index in [1.54, 1.807) is 0 Å². The Balaban J connectivity index is 1.71. The minimum Gasteiger partial charge on any atom is -0.393 e. The van der Waals surface area contributed by atoms with E-state index in [0.29, 0.717) is 12.5 Å². The van der Waals surface area contributed by atoms with Crippen molar-refractivity contribution in [1.29, 1.82) is 0 Å². The number of amides is 1. The van der Waals surface area contributed by atoms with E-state index < -0.39 is 0 Å². The molecule has 4 nitrogen and oxygen atoms in total. The molecule has 1 fully saturated rings. The van der Waals surface area contributed by atoms with Crippen LogP contribution in [0.15, 0.2) is 30.3 Å². The van der Waals surface area contributed by atoms with E-state index in [1.165, 1.54) is 0 Å². The van der Waals surface area contributed by atoms with Gasteiger partial charge in [-0.15, -0.1) is 0 Å². The van der Waals surface area contributed by atoms with Gasteiger partial charge in [-0.05, 0) is 44.7 Å². The summed E-state index contributed by atoms with van der Waals surface area (Å²) in [6.07, 6.45) is 4.04. The molecule has 110 valence electrons. The topological polar surface area (TPSA) is 61.4 Å². The summed E-state index contributed by atoms with van der Waals surface area (Å²) in [4.78, 5) is 11.9.